The van der Waals surface area contributed by atoms with Crippen LogP contribution in [0.2, 0.25) is 0 Å². The lowest BCUT2D eigenvalue weighted by Crippen LogP contribution is -2.58. The normalized spacial score (nSPS) is 16.9. The average molecular weight is 368 g/mol. The Balaban J connectivity index is 2.05. The average Bonchev–Trinajstić information content (AvgIpc) is 2.67. The van der Waals surface area contributed by atoms with Crippen LogP contribution in [0.4, 0.5) is 0 Å². The first-order valence-corrected chi connectivity index (χ1v) is 9.14. The van der Waals surface area contributed by atoms with Crippen LogP contribution in [0.1, 0.15) is 35.0 Å². The highest BCUT2D eigenvalue weighted by atomic mass is 16.2. The minimum Gasteiger partial charge on any atom is -0.359 e. The summed E-state index contributed by atoms with van der Waals surface area (Å²) in [4.78, 5) is 43.6. The highest BCUT2D eigenvalue weighted by molar-refractivity contribution is 6.08. The lowest BCUT2D eigenvalue weighted by atomic mass is 10.0. The van der Waals surface area contributed by atoms with Gasteiger partial charge in [0.2, 0.25) is 11.8 Å². The Bertz CT molecular complexity index is 909. The molecule has 1 aromatic heterocycles. The molecule has 2 aromatic rings. The zero-order valence-electron chi connectivity index (χ0n) is 15.8. The summed E-state index contributed by atoms with van der Waals surface area (Å²) in [6.45, 7) is 4.63. The van der Waals surface area contributed by atoms with Crippen molar-refractivity contribution in [1.82, 2.24) is 20.5 Å². The zero-order valence-corrected chi connectivity index (χ0v) is 15.8. The lowest BCUT2D eigenvalue weighted by molar-refractivity contribution is -0.132. The van der Waals surface area contributed by atoms with Gasteiger partial charge in [-0.15, -0.1) is 0 Å². The molecule has 2 N–H and O–H groups in total. The standard InChI is InChI=1S/C20H24N4O3/c1-4-13-5-6-16-14(10-13)15(9-12(2)23-16)20(27)24-8-7-22-19(26)17(24)11-18(25)21-3/h5-6,9-10,17H,4,7-8,11H2,1-3H3,(H,21,25)(H,22,26). The summed E-state index contributed by atoms with van der Waals surface area (Å²) in [5, 5.41) is 6.03. The van der Waals surface area contributed by atoms with Gasteiger partial charge in [-0.1, -0.05) is 13.0 Å². The first-order chi connectivity index (χ1) is 12.9. The summed E-state index contributed by atoms with van der Waals surface area (Å²) < 4.78 is 0. The zero-order chi connectivity index (χ0) is 19.6. The molecule has 7 nitrogen and oxygen atoms in total. The number of carbonyl (C=O) groups excluding carboxylic acids is 3. The molecule has 3 amide bonds. The second-order valence-electron chi connectivity index (χ2n) is 6.70. The van der Waals surface area contributed by atoms with Crippen molar-refractivity contribution in [3.8, 4) is 0 Å². The van der Waals surface area contributed by atoms with E-state index in [2.05, 4.69) is 22.5 Å². The predicted molar refractivity (Wildman–Crippen MR) is 102 cm³/mol. The van der Waals surface area contributed by atoms with Crippen molar-refractivity contribution in [3.05, 3.63) is 41.1 Å². The molecule has 0 spiro atoms. The molecule has 1 aliphatic rings. The number of hydrogen-bond donors (Lipinski definition) is 2. The molecule has 1 unspecified atom stereocenters. The maximum absolute atomic E-state index is 13.4. The van der Waals surface area contributed by atoms with Gasteiger partial charge in [-0.05, 0) is 37.1 Å². The third-order valence-corrected chi connectivity index (χ3v) is 4.89. The van der Waals surface area contributed by atoms with Crippen LogP contribution in [0.15, 0.2) is 24.3 Å². The van der Waals surface area contributed by atoms with Crippen LogP contribution in [-0.4, -0.2) is 53.8 Å². The number of piperazine rings is 1. The molecule has 27 heavy (non-hydrogen) atoms. The minimum atomic E-state index is -0.816. The number of fused-ring (bicyclic) bond motifs is 1. The van der Waals surface area contributed by atoms with Crippen molar-refractivity contribution in [2.75, 3.05) is 20.1 Å². The van der Waals surface area contributed by atoms with E-state index in [1.807, 2.05) is 25.1 Å². The summed E-state index contributed by atoms with van der Waals surface area (Å²) in [5.41, 5.74) is 3.11. The Labute approximate surface area is 158 Å². The number of nitrogens with one attached hydrogen (secondary N) is 2. The molecule has 0 saturated carbocycles. The van der Waals surface area contributed by atoms with E-state index < -0.39 is 6.04 Å². The molecule has 3 rings (SSSR count). The van der Waals surface area contributed by atoms with Crippen LogP contribution in [0, 0.1) is 6.92 Å². The Morgan fingerprint density at radius 1 is 1.33 bits per heavy atom. The third-order valence-electron chi connectivity index (χ3n) is 4.89. The largest absolute Gasteiger partial charge is 0.359 e. The van der Waals surface area contributed by atoms with Crippen LogP contribution in [-0.2, 0) is 16.0 Å². The maximum atomic E-state index is 13.4. The molecule has 1 saturated heterocycles. The lowest BCUT2D eigenvalue weighted by Gasteiger charge is -2.35. The van der Waals surface area contributed by atoms with Crippen LogP contribution < -0.4 is 10.6 Å². The van der Waals surface area contributed by atoms with Gasteiger partial charge in [-0.25, -0.2) is 0 Å². The molecular formula is C20H24N4O3. The molecule has 142 valence electrons. The Morgan fingerprint density at radius 3 is 2.81 bits per heavy atom. The van der Waals surface area contributed by atoms with Gasteiger partial charge in [0.15, 0.2) is 0 Å². The molecule has 1 aromatic carbocycles. The smallest absolute Gasteiger partial charge is 0.255 e. The molecule has 1 fully saturated rings. The Morgan fingerprint density at radius 2 is 2.11 bits per heavy atom. The number of nitrogens with zero attached hydrogens (tertiary/aromatic N) is 2. The van der Waals surface area contributed by atoms with Gasteiger partial charge >= 0.3 is 0 Å². The summed E-state index contributed by atoms with van der Waals surface area (Å²) in [7, 11) is 1.52. The van der Waals surface area contributed by atoms with E-state index in [0.717, 1.165) is 28.6 Å². The van der Waals surface area contributed by atoms with E-state index in [1.165, 1.54) is 11.9 Å². The fourth-order valence-corrected chi connectivity index (χ4v) is 3.40. The molecule has 0 bridgehead atoms. The Hall–Kier alpha value is -2.96. The third kappa shape index (κ3) is 3.77. The second kappa shape index (κ2) is 7.73. The van der Waals surface area contributed by atoms with Gasteiger partial charge in [-0.3, -0.25) is 19.4 Å². The van der Waals surface area contributed by atoms with E-state index in [-0.39, 0.29) is 24.1 Å². The fourth-order valence-electron chi connectivity index (χ4n) is 3.40. The van der Waals surface area contributed by atoms with Gasteiger partial charge in [0, 0.05) is 31.2 Å². The van der Waals surface area contributed by atoms with E-state index in [4.69, 9.17) is 0 Å². The Kier molecular flexibility index (Phi) is 5.39. The SMILES string of the molecule is CCc1ccc2nc(C)cc(C(=O)N3CCNC(=O)C3CC(=O)NC)c2c1. The highest BCUT2D eigenvalue weighted by Crippen LogP contribution is 2.24. The summed E-state index contributed by atoms with van der Waals surface area (Å²) in [6, 6.07) is 6.85. The second-order valence-corrected chi connectivity index (χ2v) is 6.70. The number of benzene rings is 1. The van der Waals surface area contributed by atoms with Crippen molar-refractivity contribution < 1.29 is 14.4 Å². The molecule has 1 atom stereocenters. The summed E-state index contributed by atoms with van der Waals surface area (Å²) >= 11 is 0. The predicted octanol–water partition coefficient (Wildman–Crippen LogP) is 1.18. The molecular weight excluding hydrogens is 344 g/mol. The first-order valence-electron chi connectivity index (χ1n) is 9.14. The van der Waals surface area contributed by atoms with Crippen LogP contribution in [0.3, 0.4) is 0 Å². The highest BCUT2D eigenvalue weighted by Gasteiger charge is 2.35. The first kappa shape index (κ1) is 18.8. The fraction of sp³-hybridized carbons (Fsp3) is 0.400. The van der Waals surface area contributed by atoms with Crippen LogP contribution in [0.25, 0.3) is 10.9 Å². The van der Waals surface area contributed by atoms with Gasteiger partial charge in [-0.2, -0.15) is 0 Å². The van der Waals surface area contributed by atoms with Gasteiger partial charge in [0.1, 0.15) is 6.04 Å². The van der Waals surface area contributed by atoms with E-state index in [1.54, 1.807) is 6.07 Å². The molecule has 1 aliphatic heterocycles. The monoisotopic (exact) mass is 368 g/mol. The quantitative estimate of drug-likeness (QED) is 0.848. The van der Waals surface area contributed by atoms with Crippen molar-refractivity contribution in [1.29, 1.82) is 0 Å². The number of pyridine rings is 1. The van der Waals surface area contributed by atoms with Crippen molar-refractivity contribution in [2.45, 2.75) is 32.7 Å². The van der Waals surface area contributed by atoms with E-state index >= 15 is 0 Å². The summed E-state index contributed by atoms with van der Waals surface area (Å²) in [6.07, 6.45) is 0.791. The minimum absolute atomic E-state index is 0.0592. The molecule has 2 heterocycles. The number of aromatic nitrogens is 1. The number of aryl methyl sites for hydroxylation is 2. The van der Waals surface area contributed by atoms with Gasteiger partial charge in [0.25, 0.3) is 5.91 Å². The van der Waals surface area contributed by atoms with Crippen LogP contribution in [0.5, 0.6) is 0 Å². The maximum Gasteiger partial charge on any atom is 0.255 e. The topological polar surface area (TPSA) is 91.4 Å². The van der Waals surface area contributed by atoms with Gasteiger partial charge < -0.3 is 15.5 Å². The molecule has 0 aliphatic carbocycles. The number of hydrogen-bond acceptors (Lipinski definition) is 4. The molecule has 0 radical (unpaired) electrons. The van der Waals surface area contributed by atoms with Crippen LogP contribution >= 0.6 is 0 Å². The molecule has 7 heteroatoms. The summed E-state index contributed by atoms with van der Waals surface area (Å²) in [5.74, 6) is -0.830. The number of amides is 3. The number of rotatable bonds is 4. The van der Waals surface area contributed by atoms with Crippen molar-refractivity contribution in [3.63, 3.8) is 0 Å². The van der Waals surface area contributed by atoms with Gasteiger partial charge in [0.05, 0.1) is 17.5 Å². The van der Waals surface area contributed by atoms with E-state index in [0.29, 0.717) is 18.7 Å². The van der Waals surface area contributed by atoms with E-state index in [9.17, 15) is 14.4 Å². The number of carbonyl (C=O) groups is 3. The van der Waals surface area contributed by atoms with Crippen molar-refractivity contribution in [2.24, 2.45) is 0 Å². The van der Waals surface area contributed by atoms with Crippen molar-refractivity contribution >= 4 is 28.6 Å².